The molecule has 1 aromatic carbocycles. The van der Waals surface area contributed by atoms with Gasteiger partial charge in [-0.15, -0.1) is 5.10 Å². The molecule has 100 valence electrons. The highest BCUT2D eigenvalue weighted by atomic mass is 16.7. The first-order valence-corrected chi connectivity index (χ1v) is 5.62. The summed E-state index contributed by atoms with van der Waals surface area (Å²) < 4.78 is 11.9. The molecule has 2 aromatic rings. The van der Waals surface area contributed by atoms with Gasteiger partial charge in [0.15, 0.2) is 11.5 Å². The predicted octanol–water partition coefficient (Wildman–Crippen LogP) is 0.243. The van der Waals surface area contributed by atoms with E-state index in [0.29, 0.717) is 22.9 Å². The maximum absolute atomic E-state index is 11.6. The minimum Gasteiger partial charge on any atom is -0.454 e. The fourth-order valence-electron chi connectivity index (χ4n) is 1.76. The molecule has 0 aliphatic carbocycles. The van der Waals surface area contributed by atoms with Gasteiger partial charge < -0.3 is 14.8 Å². The van der Waals surface area contributed by atoms with E-state index in [2.05, 4.69) is 20.8 Å². The summed E-state index contributed by atoms with van der Waals surface area (Å²) in [6.07, 6.45) is 1.14. The van der Waals surface area contributed by atoms with E-state index < -0.39 is 5.91 Å². The van der Waals surface area contributed by atoms with Gasteiger partial charge in [-0.3, -0.25) is 4.79 Å². The van der Waals surface area contributed by atoms with Crippen molar-refractivity contribution in [2.24, 2.45) is 0 Å². The number of amides is 1. The van der Waals surface area contributed by atoms with Crippen LogP contribution in [0.5, 0.6) is 11.5 Å². The van der Waals surface area contributed by atoms with E-state index in [1.807, 2.05) is 0 Å². The number of benzene rings is 1. The Labute approximate surface area is 112 Å². The molecule has 0 unspecified atom stereocenters. The van der Waals surface area contributed by atoms with Gasteiger partial charge in [-0.1, -0.05) is 0 Å². The van der Waals surface area contributed by atoms with Crippen molar-refractivity contribution in [2.75, 3.05) is 12.1 Å². The van der Waals surface area contributed by atoms with E-state index >= 15 is 0 Å². The smallest absolute Gasteiger partial charge is 0.238 e. The number of nitrogens with zero attached hydrogens (tertiary/aromatic N) is 5. The second kappa shape index (κ2) is 4.85. The van der Waals surface area contributed by atoms with Gasteiger partial charge in [0.25, 0.3) is 0 Å². The molecule has 1 amide bonds. The normalized spacial score (nSPS) is 11.9. The van der Waals surface area contributed by atoms with Crippen LogP contribution in [0.3, 0.4) is 0 Å². The average molecular weight is 272 g/mol. The van der Waals surface area contributed by atoms with Gasteiger partial charge in [-0.05, 0) is 10.4 Å². The van der Waals surface area contributed by atoms with Crippen molar-refractivity contribution in [3.63, 3.8) is 0 Å². The average Bonchev–Trinajstić information content (AvgIpc) is 3.08. The number of tetrazole rings is 1. The van der Waals surface area contributed by atoms with E-state index in [1.54, 1.807) is 18.2 Å². The van der Waals surface area contributed by atoms with Crippen molar-refractivity contribution in [3.05, 3.63) is 18.5 Å². The predicted molar refractivity (Wildman–Crippen MR) is 64.1 cm³/mol. The summed E-state index contributed by atoms with van der Waals surface area (Å²) in [4.78, 5) is 11.6. The number of hydrogen-bond donors (Lipinski definition) is 1. The van der Waals surface area contributed by atoms with Gasteiger partial charge in [0, 0.05) is 12.1 Å². The third-order valence-electron chi connectivity index (χ3n) is 2.60. The van der Waals surface area contributed by atoms with Gasteiger partial charge in [0.1, 0.15) is 12.7 Å². The van der Waals surface area contributed by atoms with Gasteiger partial charge in [-0.2, -0.15) is 9.94 Å². The molecule has 0 saturated carbocycles. The Hall–Kier alpha value is -3.15. The van der Waals surface area contributed by atoms with Crippen LogP contribution in [0.25, 0.3) is 5.69 Å². The molecule has 9 nitrogen and oxygen atoms in total. The van der Waals surface area contributed by atoms with Gasteiger partial charge in [0.2, 0.25) is 12.7 Å². The number of hydrogen-bond acceptors (Lipinski definition) is 7. The van der Waals surface area contributed by atoms with E-state index in [4.69, 9.17) is 14.7 Å². The van der Waals surface area contributed by atoms with Crippen molar-refractivity contribution in [2.45, 2.75) is 6.42 Å². The molecular weight excluding hydrogens is 264 g/mol. The minimum absolute atomic E-state index is 0.111. The molecule has 1 N–H and O–H groups in total. The first-order valence-electron chi connectivity index (χ1n) is 5.62. The third-order valence-corrected chi connectivity index (χ3v) is 2.60. The summed E-state index contributed by atoms with van der Waals surface area (Å²) in [6, 6.07) is 5.04. The van der Waals surface area contributed by atoms with Crippen LogP contribution < -0.4 is 14.8 Å². The van der Waals surface area contributed by atoms with E-state index in [0.717, 1.165) is 0 Å². The lowest BCUT2D eigenvalue weighted by molar-refractivity contribution is -0.115. The molecule has 1 aliphatic rings. The zero-order valence-electron chi connectivity index (χ0n) is 10.1. The van der Waals surface area contributed by atoms with E-state index in [1.165, 1.54) is 11.0 Å². The van der Waals surface area contributed by atoms with Crippen molar-refractivity contribution in [1.82, 2.24) is 20.2 Å². The summed E-state index contributed by atoms with van der Waals surface area (Å²) in [7, 11) is 0. The lowest BCUT2D eigenvalue weighted by Gasteiger charge is -2.10. The van der Waals surface area contributed by atoms with Crippen molar-refractivity contribution < 1.29 is 14.3 Å². The molecule has 0 fully saturated rings. The van der Waals surface area contributed by atoms with Gasteiger partial charge in [0.05, 0.1) is 17.4 Å². The molecule has 0 bridgehead atoms. The Kier molecular flexibility index (Phi) is 2.89. The summed E-state index contributed by atoms with van der Waals surface area (Å²) in [5.74, 6) is 0.614. The minimum atomic E-state index is -0.430. The topological polar surface area (TPSA) is 115 Å². The Bertz CT molecular complexity index is 691. The number of nitrogens with one attached hydrogen (secondary N) is 1. The highest BCUT2D eigenvalue weighted by molar-refractivity contribution is 5.94. The Morgan fingerprint density at radius 3 is 2.95 bits per heavy atom. The van der Waals surface area contributed by atoms with Crippen LogP contribution in [0.1, 0.15) is 6.42 Å². The van der Waals surface area contributed by atoms with E-state index in [-0.39, 0.29) is 13.2 Å². The Morgan fingerprint density at radius 1 is 1.45 bits per heavy atom. The van der Waals surface area contributed by atoms with Crippen LogP contribution in [0.15, 0.2) is 18.5 Å². The van der Waals surface area contributed by atoms with Gasteiger partial charge >= 0.3 is 0 Å². The fourth-order valence-corrected chi connectivity index (χ4v) is 1.76. The van der Waals surface area contributed by atoms with Crippen molar-refractivity contribution in [3.8, 4) is 23.3 Å². The summed E-state index contributed by atoms with van der Waals surface area (Å²) in [6.45, 7) is 0.111. The number of rotatable bonds is 3. The molecule has 1 aromatic heterocycles. The molecule has 0 atom stereocenters. The summed E-state index contributed by atoms with van der Waals surface area (Å²) >= 11 is 0. The van der Waals surface area contributed by atoms with Crippen LogP contribution >= 0.6 is 0 Å². The number of anilines is 1. The number of fused-ring (bicyclic) bond motifs is 1. The highest BCUT2D eigenvalue weighted by Crippen LogP contribution is 2.38. The maximum Gasteiger partial charge on any atom is 0.238 e. The summed E-state index contributed by atoms with van der Waals surface area (Å²) in [5, 5.41) is 22.0. The zero-order chi connectivity index (χ0) is 13.9. The largest absolute Gasteiger partial charge is 0.454 e. The molecule has 1 aliphatic heterocycles. The highest BCUT2D eigenvalue weighted by Gasteiger charge is 2.19. The molecule has 0 radical (unpaired) electrons. The monoisotopic (exact) mass is 272 g/mol. The number of ether oxygens (including phenoxy) is 2. The van der Waals surface area contributed by atoms with Gasteiger partial charge in [-0.25, -0.2) is 0 Å². The summed E-state index contributed by atoms with van der Waals surface area (Å²) in [5.41, 5.74) is 0.951. The first-order chi connectivity index (χ1) is 9.78. The van der Waals surface area contributed by atoms with Crippen molar-refractivity contribution >= 4 is 11.6 Å². The maximum atomic E-state index is 11.6. The molecule has 2 heterocycles. The zero-order valence-corrected chi connectivity index (χ0v) is 10.1. The standard InChI is InChI=1S/C11H8N6O3/c12-2-1-11(18)14-7-3-9-10(20-6-19-9)4-8(7)17-5-13-15-16-17/h3-5H,1,6H2,(H,14,18). The van der Waals surface area contributed by atoms with Crippen LogP contribution in [0.2, 0.25) is 0 Å². The first kappa shape index (κ1) is 11.9. The second-order valence-electron chi connectivity index (χ2n) is 3.86. The Balaban J connectivity index is 2.02. The number of carbonyl (C=O) groups excluding carboxylic acids is 1. The SMILES string of the molecule is N#CCC(=O)Nc1cc2c(cc1-n1cnnn1)OCO2. The van der Waals surface area contributed by atoms with Crippen LogP contribution in [0.4, 0.5) is 5.69 Å². The molecular formula is C11H8N6O3. The van der Waals surface area contributed by atoms with Crippen LogP contribution in [0, 0.1) is 11.3 Å². The molecule has 0 saturated heterocycles. The molecule has 20 heavy (non-hydrogen) atoms. The third kappa shape index (κ3) is 2.10. The fraction of sp³-hybridized carbons (Fsp3) is 0.182. The molecule has 3 rings (SSSR count). The van der Waals surface area contributed by atoms with E-state index in [9.17, 15) is 4.79 Å². The number of carbonyl (C=O) groups is 1. The lowest BCUT2D eigenvalue weighted by atomic mass is 10.2. The quantitative estimate of drug-likeness (QED) is 0.850. The molecule has 9 heteroatoms. The van der Waals surface area contributed by atoms with Crippen LogP contribution in [-0.4, -0.2) is 32.9 Å². The second-order valence-corrected chi connectivity index (χ2v) is 3.86. The lowest BCUT2D eigenvalue weighted by Crippen LogP contribution is -2.12. The molecule has 0 spiro atoms. The number of nitriles is 1. The Morgan fingerprint density at radius 2 is 2.25 bits per heavy atom. The number of aromatic nitrogens is 4. The van der Waals surface area contributed by atoms with Crippen LogP contribution in [-0.2, 0) is 4.79 Å². The van der Waals surface area contributed by atoms with Crippen molar-refractivity contribution in [1.29, 1.82) is 5.26 Å².